The number of rotatable bonds is 7. The Morgan fingerprint density at radius 2 is 2.04 bits per heavy atom. The third kappa shape index (κ3) is 6.34. The molecule has 0 fully saturated rings. The molecule has 0 atom stereocenters. The first kappa shape index (κ1) is 20.2. The van der Waals surface area contributed by atoms with E-state index in [0.29, 0.717) is 37.4 Å². The van der Waals surface area contributed by atoms with Crippen LogP contribution in [0.1, 0.15) is 31.1 Å². The molecule has 0 amide bonds. The van der Waals surface area contributed by atoms with Gasteiger partial charge in [0.15, 0.2) is 11.8 Å². The topological polar surface area (TPSA) is 84.6 Å². The molecule has 24 heavy (non-hydrogen) atoms. The molecule has 0 saturated carbocycles. The summed E-state index contributed by atoms with van der Waals surface area (Å²) in [7, 11) is 0. The molecule has 0 aliphatic rings. The number of aliphatic imine (C=N–C) groups is 1. The second kappa shape index (κ2) is 10.8. The molecule has 0 radical (unpaired) electrons. The molecule has 7 nitrogen and oxygen atoms in total. The molecule has 8 heteroatoms. The Bertz CT molecular complexity index is 645. The van der Waals surface area contributed by atoms with Crippen molar-refractivity contribution in [2.75, 3.05) is 13.2 Å². The molecule has 0 spiro atoms. The highest BCUT2D eigenvalue weighted by molar-refractivity contribution is 14.0. The lowest BCUT2D eigenvalue weighted by Gasteiger charge is -2.11. The number of nitrogens with zero attached hydrogens (tertiary/aromatic N) is 3. The minimum absolute atomic E-state index is 0. The zero-order chi connectivity index (χ0) is 16.5. The summed E-state index contributed by atoms with van der Waals surface area (Å²) in [4.78, 5) is 8.73. The third-order valence-electron chi connectivity index (χ3n) is 3.01. The van der Waals surface area contributed by atoms with Gasteiger partial charge in [0.25, 0.3) is 0 Å². The Balaban J connectivity index is 0.00000288. The molecule has 0 saturated heterocycles. The van der Waals surface area contributed by atoms with Crippen molar-refractivity contribution in [1.82, 2.24) is 20.8 Å². The molecule has 2 N–H and O–H groups in total. The van der Waals surface area contributed by atoms with Crippen molar-refractivity contribution in [3.05, 3.63) is 41.5 Å². The maximum Gasteiger partial charge on any atom is 0.223 e. The van der Waals surface area contributed by atoms with Crippen LogP contribution in [-0.4, -0.2) is 29.3 Å². The van der Waals surface area contributed by atoms with Crippen LogP contribution in [0.3, 0.4) is 0 Å². The fraction of sp³-hybridized carbons (Fsp3) is 0.438. The lowest BCUT2D eigenvalue weighted by Crippen LogP contribution is -2.37. The molecule has 0 aliphatic heterocycles. The van der Waals surface area contributed by atoms with E-state index in [1.54, 1.807) is 6.92 Å². The number of hydrogen-bond donors (Lipinski definition) is 2. The van der Waals surface area contributed by atoms with Crippen molar-refractivity contribution in [3.63, 3.8) is 0 Å². The fourth-order valence-electron chi connectivity index (χ4n) is 2.01. The van der Waals surface area contributed by atoms with Gasteiger partial charge in [0.05, 0.1) is 19.7 Å². The van der Waals surface area contributed by atoms with Gasteiger partial charge in [-0.1, -0.05) is 23.4 Å². The molecule has 1 aromatic heterocycles. The maximum atomic E-state index is 5.62. The van der Waals surface area contributed by atoms with Crippen LogP contribution in [0.5, 0.6) is 5.75 Å². The van der Waals surface area contributed by atoms with Gasteiger partial charge in [-0.2, -0.15) is 4.98 Å². The monoisotopic (exact) mass is 445 g/mol. The molecule has 0 bridgehead atoms. The van der Waals surface area contributed by atoms with Crippen molar-refractivity contribution in [1.29, 1.82) is 0 Å². The molecule has 2 rings (SSSR count). The van der Waals surface area contributed by atoms with E-state index in [-0.39, 0.29) is 24.0 Å². The lowest BCUT2D eigenvalue weighted by molar-refractivity contribution is 0.336. The largest absolute Gasteiger partial charge is 0.494 e. The van der Waals surface area contributed by atoms with Gasteiger partial charge in [0.2, 0.25) is 5.89 Å². The van der Waals surface area contributed by atoms with Gasteiger partial charge in [-0.25, -0.2) is 4.99 Å². The highest BCUT2D eigenvalue weighted by Crippen LogP contribution is 2.18. The van der Waals surface area contributed by atoms with Gasteiger partial charge < -0.3 is 19.9 Å². The zero-order valence-corrected chi connectivity index (χ0v) is 16.5. The van der Waals surface area contributed by atoms with E-state index in [4.69, 9.17) is 9.26 Å². The summed E-state index contributed by atoms with van der Waals surface area (Å²) < 4.78 is 10.6. The van der Waals surface area contributed by atoms with Crippen molar-refractivity contribution in [2.45, 2.75) is 33.9 Å². The van der Waals surface area contributed by atoms with E-state index in [9.17, 15) is 0 Å². The number of para-hydroxylation sites is 1. The number of halogens is 1. The second-order valence-corrected chi connectivity index (χ2v) is 4.82. The lowest BCUT2D eigenvalue weighted by atomic mass is 10.2. The Hall–Kier alpha value is -1.84. The van der Waals surface area contributed by atoms with E-state index in [0.717, 1.165) is 17.9 Å². The van der Waals surface area contributed by atoms with Crippen LogP contribution >= 0.6 is 24.0 Å². The Morgan fingerprint density at radius 1 is 1.25 bits per heavy atom. The van der Waals surface area contributed by atoms with Crippen LogP contribution in [0.2, 0.25) is 0 Å². The van der Waals surface area contributed by atoms with E-state index < -0.39 is 0 Å². The Kier molecular flexibility index (Phi) is 9.13. The van der Waals surface area contributed by atoms with Crippen molar-refractivity contribution >= 4 is 29.9 Å². The highest BCUT2D eigenvalue weighted by atomic mass is 127. The Morgan fingerprint density at radius 3 is 2.71 bits per heavy atom. The molecular formula is C16H24IN5O2. The molecule has 1 aromatic carbocycles. The molecule has 2 aromatic rings. The first-order chi connectivity index (χ1) is 11.2. The van der Waals surface area contributed by atoms with E-state index in [1.165, 1.54) is 0 Å². The summed E-state index contributed by atoms with van der Waals surface area (Å²) in [6.07, 6.45) is 0. The van der Waals surface area contributed by atoms with Crippen LogP contribution in [0.4, 0.5) is 0 Å². The van der Waals surface area contributed by atoms with E-state index >= 15 is 0 Å². The van der Waals surface area contributed by atoms with Gasteiger partial charge in [0.1, 0.15) is 5.75 Å². The number of guanidine groups is 1. The number of benzene rings is 1. The zero-order valence-electron chi connectivity index (χ0n) is 14.2. The van der Waals surface area contributed by atoms with Crippen molar-refractivity contribution < 1.29 is 9.26 Å². The van der Waals surface area contributed by atoms with Gasteiger partial charge in [-0.15, -0.1) is 24.0 Å². The summed E-state index contributed by atoms with van der Waals surface area (Å²) in [6, 6.07) is 7.91. The van der Waals surface area contributed by atoms with Gasteiger partial charge >= 0.3 is 0 Å². The fourth-order valence-corrected chi connectivity index (χ4v) is 2.01. The van der Waals surface area contributed by atoms with Crippen LogP contribution in [0.15, 0.2) is 33.8 Å². The number of ether oxygens (including phenoxy) is 1. The van der Waals surface area contributed by atoms with Crippen LogP contribution in [0, 0.1) is 6.92 Å². The van der Waals surface area contributed by atoms with Crippen molar-refractivity contribution in [2.24, 2.45) is 4.99 Å². The van der Waals surface area contributed by atoms with E-state index in [2.05, 4.69) is 25.8 Å². The third-order valence-corrected chi connectivity index (χ3v) is 3.01. The summed E-state index contributed by atoms with van der Waals surface area (Å²) in [5.41, 5.74) is 1.04. The minimum atomic E-state index is 0. The first-order valence-electron chi connectivity index (χ1n) is 7.75. The standard InChI is InChI=1S/C16H23N5O2.HI/c1-4-17-16(19-11-15-20-12(3)23-21-15)18-10-13-8-6-7-9-14(13)22-5-2;/h6-9H,4-5,10-11H2,1-3H3,(H2,17,18,19);1H. The molecular weight excluding hydrogens is 421 g/mol. The average molecular weight is 445 g/mol. The SMILES string of the molecule is CCNC(=NCc1ccccc1OCC)NCc1noc(C)n1.I. The molecule has 0 aliphatic carbocycles. The summed E-state index contributed by atoms with van der Waals surface area (Å²) in [6.45, 7) is 8.14. The molecule has 1 heterocycles. The number of aromatic nitrogens is 2. The minimum Gasteiger partial charge on any atom is -0.494 e. The Labute approximate surface area is 159 Å². The normalized spacial score (nSPS) is 10.9. The smallest absolute Gasteiger partial charge is 0.223 e. The summed E-state index contributed by atoms with van der Waals surface area (Å²) in [5, 5.41) is 10.2. The summed E-state index contributed by atoms with van der Waals surface area (Å²) >= 11 is 0. The number of aryl methyl sites for hydroxylation is 1. The quantitative estimate of drug-likeness (QED) is 0.387. The van der Waals surface area contributed by atoms with Crippen LogP contribution in [-0.2, 0) is 13.1 Å². The van der Waals surface area contributed by atoms with Crippen LogP contribution < -0.4 is 15.4 Å². The van der Waals surface area contributed by atoms with Gasteiger partial charge in [0, 0.05) is 19.0 Å². The summed E-state index contributed by atoms with van der Waals surface area (Å²) in [5.74, 6) is 2.71. The predicted octanol–water partition coefficient (Wildman–Crippen LogP) is 2.65. The molecule has 132 valence electrons. The van der Waals surface area contributed by atoms with Crippen molar-refractivity contribution in [3.8, 4) is 5.75 Å². The predicted molar refractivity (Wildman–Crippen MR) is 104 cm³/mol. The average Bonchev–Trinajstić information content (AvgIpc) is 2.97. The number of nitrogens with one attached hydrogen (secondary N) is 2. The van der Waals surface area contributed by atoms with Gasteiger partial charge in [-0.05, 0) is 19.9 Å². The van der Waals surface area contributed by atoms with Crippen LogP contribution in [0.25, 0.3) is 0 Å². The number of hydrogen-bond acceptors (Lipinski definition) is 5. The highest BCUT2D eigenvalue weighted by Gasteiger charge is 2.05. The molecule has 0 unspecified atom stereocenters. The first-order valence-corrected chi connectivity index (χ1v) is 7.75. The second-order valence-electron chi connectivity index (χ2n) is 4.82. The van der Waals surface area contributed by atoms with E-state index in [1.807, 2.05) is 38.1 Å². The van der Waals surface area contributed by atoms with Gasteiger partial charge in [-0.3, -0.25) is 0 Å². The maximum absolute atomic E-state index is 5.62.